The summed E-state index contributed by atoms with van der Waals surface area (Å²) in [5.74, 6) is -9.27. The molecular formula is C36H30Cl2FN3O8. The molecule has 3 aromatic rings. The molecule has 0 unspecified atom stereocenters. The van der Waals surface area contributed by atoms with Gasteiger partial charge >= 0.3 is 5.97 Å². The van der Waals surface area contributed by atoms with Gasteiger partial charge in [0.2, 0.25) is 11.8 Å². The zero-order chi connectivity index (χ0) is 35.6. The topological polar surface area (TPSA) is 154 Å². The van der Waals surface area contributed by atoms with Gasteiger partial charge in [0.05, 0.1) is 47.4 Å². The molecule has 0 aromatic heterocycles. The van der Waals surface area contributed by atoms with E-state index in [-0.39, 0.29) is 35.7 Å². The number of methoxy groups -OCH3 is 1. The van der Waals surface area contributed by atoms with Gasteiger partial charge in [-0.25, -0.2) is 4.39 Å². The first-order valence-corrected chi connectivity index (χ1v) is 16.6. The summed E-state index contributed by atoms with van der Waals surface area (Å²) in [6.45, 7) is -0.301. The van der Waals surface area contributed by atoms with Gasteiger partial charge in [-0.05, 0) is 72.4 Å². The number of fused-ring (bicyclic) bond motifs is 4. The Labute approximate surface area is 295 Å². The largest absolute Gasteiger partial charge is 0.505 e. The number of benzene rings is 3. The van der Waals surface area contributed by atoms with Gasteiger partial charge in [-0.1, -0.05) is 53.1 Å². The van der Waals surface area contributed by atoms with Crippen LogP contribution in [0.3, 0.4) is 0 Å². The van der Waals surface area contributed by atoms with Crippen LogP contribution in [0.1, 0.15) is 36.3 Å². The van der Waals surface area contributed by atoms with E-state index in [4.69, 9.17) is 27.9 Å². The first-order valence-electron chi connectivity index (χ1n) is 15.9. The monoisotopic (exact) mass is 721 g/mol. The van der Waals surface area contributed by atoms with Crippen LogP contribution in [-0.4, -0.2) is 63.4 Å². The fourth-order valence-electron chi connectivity index (χ4n) is 8.41. The summed E-state index contributed by atoms with van der Waals surface area (Å²) >= 11 is 12.6. The van der Waals surface area contributed by atoms with Crippen molar-refractivity contribution in [3.05, 3.63) is 99.3 Å². The Bertz CT molecular complexity index is 2010. The number of aromatic hydroxyl groups is 1. The molecule has 4 aliphatic rings. The molecule has 2 aliphatic carbocycles. The first-order chi connectivity index (χ1) is 23.9. The molecule has 4 amide bonds. The van der Waals surface area contributed by atoms with Crippen molar-refractivity contribution >= 4 is 58.5 Å². The Kier molecular flexibility index (Phi) is 8.34. The number of likely N-dealkylation sites (tertiary alicyclic amines) is 1. The van der Waals surface area contributed by atoms with Crippen molar-refractivity contribution in [1.82, 2.24) is 9.91 Å². The molecule has 0 bridgehead atoms. The second-order valence-corrected chi connectivity index (χ2v) is 13.7. The van der Waals surface area contributed by atoms with Gasteiger partial charge < -0.3 is 14.9 Å². The number of carboxylic acid groups (broad SMARTS) is 1. The van der Waals surface area contributed by atoms with Gasteiger partial charge in [-0.3, -0.25) is 34.3 Å². The molecule has 0 spiro atoms. The Balaban J connectivity index is 1.44. The number of carbonyl (C=O) groups excluding carboxylic acids is 4. The lowest BCUT2D eigenvalue weighted by molar-refractivity contribution is -0.143. The highest BCUT2D eigenvalue weighted by atomic mass is 35.5. The molecule has 3 aromatic carbocycles. The number of allylic oxidation sites excluding steroid dienone is 2. The summed E-state index contributed by atoms with van der Waals surface area (Å²) in [4.78, 5) is 69.6. The minimum Gasteiger partial charge on any atom is -0.505 e. The molecule has 3 N–H and O–H groups in total. The molecule has 2 heterocycles. The number of amides is 4. The number of imide groups is 2. The van der Waals surface area contributed by atoms with Crippen LogP contribution < -0.4 is 10.2 Å². The number of aliphatic carboxylic acids is 1. The number of phenolic OH excluding ortho intramolecular Hbond substituents is 1. The number of ether oxygens (including phenoxy) is 1. The molecule has 258 valence electrons. The predicted octanol–water partition coefficient (Wildman–Crippen LogP) is 5.31. The van der Waals surface area contributed by atoms with E-state index in [1.807, 2.05) is 0 Å². The molecule has 11 nitrogen and oxygen atoms in total. The summed E-state index contributed by atoms with van der Waals surface area (Å²) in [5.41, 5.74) is 2.65. The Morgan fingerprint density at radius 3 is 2.40 bits per heavy atom. The first kappa shape index (κ1) is 33.6. The van der Waals surface area contributed by atoms with Crippen molar-refractivity contribution in [2.75, 3.05) is 19.1 Å². The van der Waals surface area contributed by atoms with E-state index in [0.29, 0.717) is 21.9 Å². The van der Waals surface area contributed by atoms with Gasteiger partial charge in [0.25, 0.3) is 11.8 Å². The number of halogens is 3. The molecule has 2 aliphatic heterocycles. The number of anilines is 1. The summed E-state index contributed by atoms with van der Waals surface area (Å²) in [5, 5.41) is 20.8. The molecular weight excluding hydrogens is 692 g/mol. The van der Waals surface area contributed by atoms with Crippen LogP contribution >= 0.6 is 23.2 Å². The fourth-order valence-corrected chi connectivity index (χ4v) is 8.86. The van der Waals surface area contributed by atoms with Gasteiger partial charge in [-0.15, -0.1) is 0 Å². The van der Waals surface area contributed by atoms with Crippen LogP contribution in [0.5, 0.6) is 11.5 Å². The summed E-state index contributed by atoms with van der Waals surface area (Å²) in [6, 6.07) is 14.9. The zero-order valence-electron chi connectivity index (χ0n) is 26.4. The molecule has 1 saturated carbocycles. The lowest BCUT2D eigenvalue weighted by Crippen LogP contribution is -2.53. The summed E-state index contributed by atoms with van der Waals surface area (Å²) < 4.78 is 20.6. The molecule has 50 heavy (non-hydrogen) atoms. The number of hydrazine groups is 1. The maximum absolute atomic E-state index is 15.2. The smallest absolute Gasteiger partial charge is 0.305 e. The predicted molar refractivity (Wildman–Crippen MR) is 178 cm³/mol. The van der Waals surface area contributed by atoms with Crippen molar-refractivity contribution in [2.45, 2.75) is 30.6 Å². The molecule has 7 rings (SSSR count). The highest BCUT2D eigenvalue weighted by molar-refractivity contribution is 6.36. The minimum absolute atomic E-state index is 0.0288. The van der Waals surface area contributed by atoms with Crippen LogP contribution in [0.15, 0.2) is 72.3 Å². The van der Waals surface area contributed by atoms with Crippen LogP contribution in [0.25, 0.3) is 0 Å². The third-order valence-electron chi connectivity index (χ3n) is 10.5. The van der Waals surface area contributed by atoms with Gasteiger partial charge in [-0.2, -0.15) is 5.01 Å². The number of hydrogen-bond donors (Lipinski definition) is 3. The van der Waals surface area contributed by atoms with Crippen molar-refractivity contribution < 1.29 is 43.3 Å². The number of nitrogens with one attached hydrogen (secondary N) is 1. The van der Waals surface area contributed by atoms with E-state index >= 15 is 9.18 Å². The van der Waals surface area contributed by atoms with Crippen molar-refractivity contribution in [2.24, 2.45) is 23.7 Å². The molecule has 14 heteroatoms. The number of rotatable bonds is 8. The maximum Gasteiger partial charge on any atom is 0.305 e. The van der Waals surface area contributed by atoms with E-state index in [9.17, 15) is 29.4 Å². The zero-order valence-corrected chi connectivity index (χ0v) is 28.0. The van der Waals surface area contributed by atoms with Crippen LogP contribution in [0.2, 0.25) is 10.0 Å². The van der Waals surface area contributed by atoms with Gasteiger partial charge in [0, 0.05) is 17.5 Å². The van der Waals surface area contributed by atoms with E-state index in [0.717, 1.165) is 16.0 Å². The van der Waals surface area contributed by atoms with Gasteiger partial charge in [0.1, 0.15) is 5.75 Å². The van der Waals surface area contributed by atoms with Crippen LogP contribution in [0, 0.1) is 29.5 Å². The standard InChI is InChI=1S/C36H30Cl2FN3O8/c1-50-20-6-3-18(4-7-20)36-24(33(47)42(35(36)49)40-27-10-5-19(37)15-25(27)38)16-23-21(31(36)17-2-11-28(43)26(39)14-17)8-9-22-30(23)34(48)41(32(22)46)13-12-29(44)45/h2-8,10-11,14-15,22-24,30-31,40,43H,9,12-13,16H2,1H3,(H,44,45)/t22-,23+,24-,30-,31-,36+/m0/s1. The third kappa shape index (κ3) is 5.03. The lowest BCUT2D eigenvalue weighted by atomic mass is 9.49. The second kappa shape index (κ2) is 12.4. The van der Waals surface area contributed by atoms with E-state index in [2.05, 4.69) is 5.43 Å². The average molecular weight is 723 g/mol. The Morgan fingerprint density at radius 1 is 1.00 bits per heavy atom. The fraction of sp³-hybridized carbons (Fsp3) is 0.306. The highest BCUT2D eigenvalue weighted by Crippen LogP contribution is 2.64. The number of nitrogens with zero attached hydrogens (tertiary/aromatic N) is 2. The van der Waals surface area contributed by atoms with E-state index < -0.39 is 82.6 Å². The highest BCUT2D eigenvalue weighted by Gasteiger charge is 2.70. The normalized spacial score (nSPS) is 27.1. The number of carboxylic acids is 1. The summed E-state index contributed by atoms with van der Waals surface area (Å²) in [7, 11) is 1.48. The molecule has 2 saturated heterocycles. The number of carbonyl (C=O) groups is 5. The minimum atomic E-state index is -1.71. The number of phenols is 1. The van der Waals surface area contributed by atoms with Crippen molar-refractivity contribution in [1.29, 1.82) is 0 Å². The van der Waals surface area contributed by atoms with Crippen molar-refractivity contribution in [3.63, 3.8) is 0 Å². The molecule has 0 radical (unpaired) electrons. The van der Waals surface area contributed by atoms with Crippen molar-refractivity contribution in [3.8, 4) is 11.5 Å². The third-order valence-corrected chi connectivity index (χ3v) is 11.1. The average Bonchev–Trinajstić information content (AvgIpc) is 3.46. The van der Waals surface area contributed by atoms with Crippen LogP contribution in [0.4, 0.5) is 10.1 Å². The second-order valence-electron chi connectivity index (χ2n) is 12.9. The van der Waals surface area contributed by atoms with E-state index in [1.165, 1.54) is 37.4 Å². The Morgan fingerprint density at radius 2 is 1.74 bits per heavy atom. The maximum atomic E-state index is 15.2. The van der Waals surface area contributed by atoms with Crippen LogP contribution in [-0.2, 0) is 29.4 Å². The summed E-state index contributed by atoms with van der Waals surface area (Å²) in [6.07, 6.45) is 1.44. The number of hydrogen-bond acceptors (Lipinski definition) is 8. The molecule has 6 atom stereocenters. The van der Waals surface area contributed by atoms with Gasteiger partial charge in [0.15, 0.2) is 11.6 Å². The Hall–Kier alpha value is -4.94. The lowest BCUT2D eigenvalue weighted by Gasteiger charge is -2.50. The SMILES string of the molecule is COc1ccc([C@@]23C(=O)N(Nc4ccc(Cl)cc4Cl)C(=O)[C@@H]2C[C@@H]2C(=CC[C@@H]4C(=O)N(CCC(=O)O)C(=O)[C@@H]42)[C@@H]3c2ccc(O)c(F)c2)cc1. The van der Waals surface area contributed by atoms with E-state index in [1.54, 1.807) is 30.3 Å². The molecule has 3 fully saturated rings. The quantitative estimate of drug-likeness (QED) is 0.208.